The summed E-state index contributed by atoms with van der Waals surface area (Å²) in [5.74, 6) is -0.178. The Morgan fingerprint density at radius 3 is 2.77 bits per heavy atom. The lowest BCUT2D eigenvalue weighted by atomic mass is 10.1. The lowest BCUT2D eigenvalue weighted by Crippen LogP contribution is -2.31. The second-order valence-corrected chi connectivity index (χ2v) is 7.03. The van der Waals surface area contributed by atoms with Gasteiger partial charge in [0.15, 0.2) is 5.75 Å². The highest BCUT2D eigenvalue weighted by Gasteiger charge is 2.26. The number of hydrogen-bond acceptors (Lipinski definition) is 4. The van der Waals surface area contributed by atoms with Crippen LogP contribution in [0.2, 0.25) is 10.0 Å². The molecule has 1 saturated heterocycles. The Hall–Kier alpha value is -2.11. The fraction of sp³-hybridized carbons (Fsp3) is 0.316. The summed E-state index contributed by atoms with van der Waals surface area (Å²) in [4.78, 5) is 14.9. The average molecular weight is 395 g/mol. The summed E-state index contributed by atoms with van der Waals surface area (Å²) in [7, 11) is 1.40. The van der Waals surface area contributed by atoms with Crippen LogP contribution in [0.4, 0.5) is 5.69 Å². The number of carbonyl (C=O) groups is 1. The summed E-state index contributed by atoms with van der Waals surface area (Å²) in [6.45, 7) is 2.33. The number of halogens is 2. The first-order chi connectivity index (χ1) is 12.5. The highest BCUT2D eigenvalue weighted by molar-refractivity contribution is 6.38. The maximum Gasteiger partial charge on any atom is 0.256 e. The quantitative estimate of drug-likeness (QED) is 0.805. The van der Waals surface area contributed by atoms with E-state index in [9.17, 15) is 9.90 Å². The predicted octanol–water partition coefficient (Wildman–Crippen LogP) is 3.96. The van der Waals surface area contributed by atoms with Crippen LogP contribution in [0.25, 0.3) is 0 Å². The molecule has 1 atom stereocenters. The van der Waals surface area contributed by atoms with Crippen molar-refractivity contribution in [2.75, 3.05) is 31.6 Å². The maximum atomic E-state index is 12.6. The Morgan fingerprint density at radius 1 is 1.35 bits per heavy atom. The number of rotatable bonds is 5. The first-order valence-corrected chi connectivity index (χ1v) is 9.10. The summed E-state index contributed by atoms with van der Waals surface area (Å²) in [5, 5.41) is 12.8. The third-order valence-corrected chi connectivity index (χ3v) is 5.20. The molecule has 1 unspecified atom stereocenters. The molecule has 0 saturated carbocycles. The van der Waals surface area contributed by atoms with E-state index in [1.165, 1.54) is 18.9 Å². The van der Waals surface area contributed by atoms with Crippen LogP contribution in [0.5, 0.6) is 11.5 Å². The van der Waals surface area contributed by atoms with Gasteiger partial charge in [-0.15, -0.1) is 0 Å². The molecule has 7 heteroatoms. The molecular formula is C19H20Cl2N2O3. The topological polar surface area (TPSA) is 61.8 Å². The number of carbonyl (C=O) groups excluding carboxylic acids is 1. The summed E-state index contributed by atoms with van der Waals surface area (Å²) >= 11 is 12.1. The molecule has 0 aliphatic carbocycles. The summed E-state index contributed by atoms with van der Waals surface area (Å²) in [5.41, 5.74) is 1.24. The number of methoxy groups -OCH3 is 1. The van der Waals surface area contributed by atoms with E-state index in [1.54, 1.807) is 0 Å². The van der Waals surface area contributed by atoms with E-state index in [2.05, 4.69) is 22.3 Å². The van der Waals surface area contributed by atoms with Gasteiger partial charge in [-0.05, 0) is 24.5 Å². The molecular weight excluding hydrogens is 375 g/mol. The molecule has 1 fully saturated rings. The third kappa shape index (κ3) is 3.84. The fourth-order valence-electron chi connectivity index (χ4n) is 3.20. The van der Waals surface area contributed by atoms with Gasteiger partial charge in [-0.2, -0.15) is 0 Å². The first-order valence-electron chi connectivity index (χ1n) is 8.34. The fourth-order valence-corrected chi connectivity index (χ4v) is 3.70. The minimum Gasteiger partial charge on any atom is -0.506 e. The first kappa shape index (κ1) is 18.7. The average Bonchev–Trinajstić information content (AvgIpc) is 3.12. The Kier molecular flexibility index (Phi) is 5.79. The van der Waals surface area contributed by atoms with Gasteiger partial charge in [0.25, 0.3) is 5.91 Å². The number of nitrogens with one attached hydrogen (secondary N) is 1. The van der Waals surface area contributed by atoms with Gasteiger partial charge >= 0.3 is 0 Å². The zero-order chi connectivity index (χ0) is 18.7. The standard InChI is InChI=1S/C19H20Cl2N2O3/c1-26-18-14(20)9-15(24)17(21)16(18)19(25)22-10-12-7-8-23(11-12)13-5-3-2-4-6-13/h2-6,9,12,24H,7-8,10-11H2,1H3,(H,22,25). The van der Waals surface area contributed by atoms with Crippen LogP contribution in [0.15, 0.2) is 36.4 Å². The van der Waals surface area contributed by atoms with E-state index in [0.29, 0.717) is 12.5 Å². The van der Waals surface area contributed by atoms with E-state index < -0.39 is 5.91 Å². The van der Waals surface area contributed by atoms with Gasteiger partial charge in [-0.3, -0.25) is 4.79 Å². The van der Waals surface area contributed by atoms with Crippen molar-refractivity contribution in [1.82, 2.24) is 5.32 Å². The minimum atomic E-state index is -0.414. The van der Waals surface area contributed by atoms with Crippen molar-refractivity contribution in [2.24, 2.45) is 5.92 Å². The molecule has 5 nitrogen and oxygen atoms in total. The number of hydrogen-bond donors (Lipinski definition) is 2. The number of anilines is 1. The summed E-state index contributed by atoms with van der Waals surface area (Å²) < 4.78 is 5.18. The van der Waals surface area contributed by atoms with E-state index in [-0.39, 0.29) is 27.1 Å². The Morgan fingerprint density at radius 2 is 2.08 bits per heavy atom. The third-order valence-electron chi connectivity index (χ3n) is 4.54. The van der Waals surface area contributed by atoms with Crippen molar-refractivity contribution in [3.8, 4) is 11.5 Å². The van der Waals surface area contributed by atoms with E-state index in [0.717, 1.165) is 19.5 Å². The van der Waals surface area contributed by atoms with Crippen molar-refractivity contribution in [1.29, 1.82) is 0 Å². The normalized spacial score (nSPS) is 16.6. The van der Waals surface area contributed by atoms with Gasteiger partial charge < -0.3 is 20.1 Å². The van der Waals surface area contributed by atoms with Gasteiger partial charge in [0.05, 0.1) is 17.2 Å². The van der Waals surface area contributed by atoms with Gasteiger partial charge in [0.2, 0.25) is 0 Å². The molecule has 26 heavy (non-hydrogen) atoms. The van der Waals surface area contributed by atoms with Crippen LogP contribution >= 0.6 is 23.2 Å². The smallest absolute Gasteiger partial charge is 0.256 e. The number of phenols is 1. The molecule has 1 heterocycles. The van der Waals surface area contributed by atoms with Crippen molar-refractivity contribution in [3.63, 3.8) is 0 Å². The molecule has 1 amide bonds. The molecule has 2 aromatic carbocycles. The number of para-hydroxylation sites is 1. The van der Waals surface area contributed by atoms with Crippen molar-refractivity contribution in [3.05, 3.63) is 52.0 Å². The molecule has 138 valence electrons. The SMILES string of the molecule is COc1c(Cl)cc(O)c(Cl)c1C(=O)NCC1CCN(c2ccccc2)C1. The van der Waals surface area contributed by atoms with Crippen LogP contribution in [0.1, 0.15) is 16.8 Å². The molecule has 0 bridgehead atoms. The molecule has 0 spiro atoms. The van der Waals surface area contributed by atoms with Gasteiger partial charge in [0.1, 0.15) is 11.3 Å². The van der Waals surface area contributed by atoms with Crippen LogP contribution < -0.4 is 15.0 Å². The van der Waals surface area contributed by atoms with Crippen molar-refractivity contribution >= 4 is 34.8 Å². The summed E-state index contributed by atoms with van der Waals surface area (Å²) in [6, 6.07) is 11.5. The van der Waals surface area contributed by atoms with Crippen molar-refractivity contribution < 1.29 is 14.6 Å². The highest BCUT2D eigenvalue weighted by atomic mass is 35.5. The molecule has 3 rings (SSSR count). The molecule has 2 N–H and O–H groups in total. The van der Waals surface area contributed by atoms with Crippen LogP contribution in [0.3, 0.4) is 0 Å². The van der Waals surface area contributed by atoms with E-state index in [1.807, 2.05) is 18.2 Å². The lowest BCUT2D eigenvalue weighted by molar-refractivity contribution is 0.0945. The Labute approximate surface area is 162 Å². The lowest BCUT2D eigenvalue weighted by Gasteiger charge is -2.19. The second-order valence-electron chi connectivity index (χ2n) is 6.25. The van der Waals surface area contributed by atoms with Gasteiger partial charge in [-0.25, -0.2) is 0 Å². The van der Waals surface area contributed by atoms with Gasteiger partial charge in [-0.1, -0.05) is 41.4 Å². The molecule has 1 aliphatic rings. The molecule has 0 aromatic heterocycles. The van der Waals surface area contributed by atoms with Crippen LogP contribution in [-0.2, 0) is 0 Å². The Balaban J connectivity index is 1.65. The highest BCUT2D eigenvalue weighted by Crippen LogP contribution is 2.40. The Bertz CT molecular complexity index is 799. The number of amides is 1. The minimum absolute atomic E-state index is 0.0529. The monoisotopic (exact) mass is 394 g/mol. The number of nitrogens with zero attached hydrogens (tertiary/aromatic N) is 1. The number of aromatic hydroxyl groups is 1. The van der Waals surface area contributed by atoms with Crippen molar-refractivity contribution in [2.45, 2.75) is 6.42 Å². The maximum absolute atomic E-state index is 12.6. The second kappa shape index (κ2) is 8.06. The van der Waals surface area contributed by atoms with Crippen LogP contribution in [0, 0.1) is 5.92 Å². The zero-order valence-corrected chi connectivity index (χ0v) is 15.8. The molecule has 0 radical (unpaired) electrons. The number of phenolic OH excluding ortho intramolecular Hbond substituents is 1. The molecule has 1 aliphatic heterocycles. The van der Waals surface area contributed by atoms with E-state index in [4.69, 9.17) is 27.9 Å². The number of benzene rings is 2. The van der Waals surface area contributed by atoms with Crippen LogP contribution in [-0.4, -0.2) is 37.8 Å². The predicted molar refractivity (Wildman–Crippen MR) is 104 cm³/mol. The van der Waals surface area contributed by atoms with Gasteiger partial charge in [0, 0.05) is 31.4 Å². The zero-order valence-electron chi connectivity index (χ0n) is 14.3. The number of ether oxygens (including phenoxy) is 1. The summed E-state index contributed by atoms with van der Waals surface area (Å²) in [6.07, 6.45) is 0.987. The molecule has 2 aromatic rings. The largest absolute Gasteiger partial charge is 0.506 e. The van der Waals surface area contributed by atoms with E-state index >= 15 is 0 Å².